The molecule has 1 aromatic carbocycles. The number of aromatic nitrogens is 1. The highest BCUT2D eigenvalue weighted by atomic mass is 79.9. The van der Waals surface area contributed by atoms with Crippen molar-refractivity contribution in [3.63, 3.8) is 0 Å². The van der Waals surface area contributed by atoms with E-state index in [1.165, 1.54) is 5.56 Å². The van der Waals surface area contributed by atoms with E-state index in [0.29, 0.717) is 5.88 Å². The van der Waals surface area contributed by atoms with Crippen LogP contribution < -0.4 is 10.1 Å². The van der Waals surface area contributed by atoms with Crippen LogP contribution in [0.2, 0.25) is 0 Å². The van der Waals surface area contributed by atoms with Crippen LogP contribution in [0.3, 0.4) is 0 Å². The molecule has 5 heteroatoms. The van der Waals surface area contributed by atoms with E-state index >= 15 is 0 Å². The van der Waals surface area contributed by atoms with Gasteiger partial charge in [-0.05, 0) is 65.6 Å². The minimum atomic E-state index is 0.617. The summed E-state index contributed by atoms with van der Waals surface area (Å²) in [5.41, 5.74) is 2.13. The Morgan fingerprint density at radius 1 is 1.19 bits per heavy atom. The minimum Gasteiger partial charge on any atom is -0.438 e. The van der Waals surface area contributed by atoms with E-state index < -0.39 is 0 Å². The normalized spacial score (nSPS) is 10.7. The first kappa shape index (κ1) is 16.5. The first-order valence-electron chi connectivity index (χ1n) is 6.89. The van der Waals surface area contributed by atoms with E-state index in [1.807, 2.05) is 31.2 Å². The third kappa shape index (κ3) is 5.09. The zero-order valence-electron chi connectivity index (χ0n) is 12.1. The molecule has 0 saturated heterocycles. The van der Waals surface area contributed by atoms with Crippen molar-refractivity contribution in [2.75, 3.05) is 6.54 Å². The van der Waals surface area contributed by atoms with Gasteiger partial charge in [-0.2, -0.15) is 0 Å². The molecule has 112 valence electrons. The van der Waals surface area contributed by atoms with Crippen LogP contribution in [0.1, 0.15) is 24.6 Å². The highest BCUT2D eigenvalue weighted by Crippen LogP contribution is 2.31. The summed E-state index contributed by atoms with van der Waals surface area (Å²) in [6, 6.07) is 9.86. The molecule has 1 N–H and O–H groups in total. The second-order valence-corrected chi connectivity index (χ2v) is 6.58. The number of nitrogens with zero attached hydrogens (tertiary/aromatic N) is 1. The van der Waals surface area contributed by atoms with Gasteiger partial charge in [-0.15, -0.1) is 0 Å². The minimum absolute atomic E-state index is 0.617. The molecule has 2 aromatic rings. The Bertz CT molecular complexity index is 617. The molecule has 0 bridgehead atoms. The van der Waals surface area contributed by atoms with Crippen molar-refractivity contribution in [1.82, 2.24) is 10.3 Å². The summed E-state index contributed by atoms with van der Waals surface area (Å²) in [5.74, 6) is 1.37. The molecule has 1 aromatic heterocycles. The van der Waals surface area contributed by atoms with E-state index in [2.05, 4.69) is 55.2 Å². The van der Waals surface area contributed by atoms with E-state index in [9.17, 15) is 0 Å². The average Bonchev–Trinajstić information content (AvgIpc) is 2.42. The molecule has 0 aliphatic rings. The lowest BCUT2D eigenvalue weighted by atomic mass is 10.2. The van der Waals surface area contributed by atoms with Gasteiger partial charge in [0.1, 0.15) is 5.75 Å². The predicted molar refractivity (Wildman–Crippen MR) is 92.9 cm³/mol. The summed E-state index contributed by atoms with van der Waals surface area (Å²) in [7, 11) is 0. The Morgan fingerprint density at radius 2 is 2.00 bits per heavy atom. The fourth-order valence-corrected chi connectivity index (χ4v) is 3.07. The molecular weight excluding hydrogens is 396 g/mol. The lowest BCUT2D eigenvalue weighted by Gasteiger charge is -2.10. The second kappa shape index (κ2) is 7.92. The highest BCUT2D eigenvalue weighted by molar-refractivity contribution is 9.11. The number of nitrogens with one attached hydrogen (secondary N) is 1. The average molecular weight is 414 g/mol. The molecule has 0 aliphatic carbocycles. The maximum absolute atomic E-state index is 5.89. The van der Waals surface area contributed by atoms with Gasteiger partial charge in [-0.25, -0.2) is 4.98 Å². The van der Waals surface area contributed by atoms with E-state index in [0.717, 1.165) is 39.9 Å². The number of aryl methyl sites for hydroxylation is 1. The van der Waals surface area contributed by atoms with Crippen molar-refractivity contribution in [2.45, 2.75) is 26.8 Å². The number of halogens is 2. The van der Waals surface area contributed by atoms with Gasteiger partial charge in [-0.3, -0.25) is 0 Å². The lowest BCUT2D eigenvalue weighted by molar-refractivity contribution is 0.457. The summed E-state index contributed by atoms with van der Waals surface area (Å²) < 4.78 is 7.78. The topological polar surface area (TPSA) is 34.2 Å². The summed E-state index contributed by atoms with van der Waals surface area (Å²) in [6.45, 7) is 5.97. The number of hydrogen-bond donors (Lipinski definition) is 1. The summed E-state index contributed by atoms with van der Waals surface area (Å²) in [5, 5.41) is 3.39. The molecule has 0 aliphatic heterocycles. The van der Waals surface area contributed by atoms with E-state index in [1.54, 1.807) is 0 Å². The van der Waals surface area contributed by atoms with Crippen LogP contribution in [0.15, 0.2) is 39.3 Å². The smallest absolute Gasteiger partial charge is 0.219 e. The Kier molecular flexibility index (Phi) is 6.21. The zero-order chi connectivity index (χ0) is 15.2. The third-order valence-corrected chi connectivity index (χ3v) is 3.97. The number of benzene rings is 1. The lowest BCUT2D eigenvalue weighted by Crippen LogP contribution is -2.14. The molecule has 0 spiro atoms. The first-order valence-corrected chi connectivity index (χ1v) is 8.48. The van der Waals surface area contributed by atoms with Crippen molar-refractivity contribution < 1.29 is 4.74 Å². The van der Waals surface area contributed by atoms with Crippen molar-refractivity contribution in [1.29, 1.82) is 0 Å². The molecule has 0 radical (unpaired) electrons. The van der Waals surface area contributed by atoms with Crippen LogP contribution in [-0.2, 0) is 6.54 Å². The fourth-order valence-electron chi connectivity index (χ4n) is 1.94. The van der Waals surface area contributed by atoms with Crippen LogP contribution in [0.4, 0.5) is 0 Å². The van der Waals surface area contributed by atoms with Crippen molar-refractivity contribution in [2.24, 2.45) is 0 Å². The third-order valence-electron chi connectivity index (χ3n) is 2.85. The molecular formula is C16H18Br2N2O. The second-order valence-electron chi connectivity index (χ2n) is 4.81. The standard InChI is InChI=1S/C16H18Br2N2O/c1-3-6-19-10-12-7-11(2)20-16(8-12)21-15-5-4-13(17)9-14(15)18/h4-5,7-9,19H,3,6,10H2,1-2H3. The van der Waals surface area contributed by atoms with Crippen LogP contribution in [0.5, 0.6) is 11.6 Å². The first-order chi connectivity index (χ1) is 10.1. The van der Waals surface area contributed by atoms with E-state index in [4.69, 9.17) is 4.74 Å². The number of pyridine rings is 1. The highest BCUT2D eigenvalue weighted by Gasteiger charge is 2.06. The van der Waals surface area contributed by atoms with Gasteiger partial charge >= 0.3 is 0 Å². The van der Waals surface area contributed by atoms with Crippen molar-refractivity contribution >= 4 is 31.9 Å². The fraction of sp³-hybridized carbons (Fsp3) is 0.312. The molecule has 1 heterocycles. The van der Waals surface area contributed by atoms with Crippen molar-refractivity contribution in [3.05, 3.63) is 50.5 Å². The maximum Gasteiger partial charge on any atom is 0.219 e. The Balaban J connectivity index is 2.15. The largest absolute Gasteiger partial charge is 0.438 e. The predicted octanol–water partition coefficient (Wildman–Crippen LogP) is 5.21. The van der Waals surface area contributed by atoms with Gasteiger partial charge in [0.05, 0.1) is 4.47 Å². The van der Waals surface area contributed by atoms with Gasteiger partial charge in [0.25, 0.3) is 0 Å². The van der Waals surface area contributed by atoms with Crippen LogP contribution in [0, 0.1) is 6.92 Å². The molecule has 0 unspecified atom stereocenters. The van der Waals surface area contributed by atoms with Crippen LogP contribution in [0.25, 0.3) is 0 Å². The summed E-state index contributed by atoms with van der Waals surface area (Å²) in [6.07, 6.45) is 1.12. The molecule has 3 nitrogen and oxygen atoms in total. The van der Waals surface area contributed by atoms with Gasteiger partial charge in [0, 0.05) is 22.8 Å². The number of ether oxygens (including phenoxy) is 1. The van der Waals surface area contributed by atoms with Crippen molar-refractivity contribution in [3.8, 4) is 11.6 Å². The van der Waals surface area contributed by atoms with Crippen LogP contribution in [-0.4, -0.2) is 11.5 Å². The SMILES string of the molecule is CCCNCc1cc(C)nc(Oc2ccc(Br)cc2Br)c1. The summed E-state index contributed by atoms with van der Waals surface area (Å²) >= 11 is 6.93. The Hall–Kier alpha value is -0.910. The maximum atomic E-state index is 5.89. The molecule has 0 atom stereocenters. The molecule has 21 heavy (non-hydrogen) atoms. The quantitative estimate of drug-likeness (QED) is 0.660. The van der Waals surface area contributed by atoms with Crippen LogP contribution >= 0.6 is 31.9 Å². The van der Waals surface area contributed by atoms with Gasteiger partial charge in [-0.1, -0.05) is 22.9 Å². The van der Waals surface area contributed by atoms with Gasteiger partial charge < -0.3 is 10.1 Å². The molecule has 0 saturated carbocycles. The Morgan fingerprint density at radius 3 is 2.71 bits per heavy atom. The number of rotatable bonds is 6. The monoisotopic (exact) mass is 412 g/mol. The molecule has 0 fully saturated rings. The Labute approximate surface area is 142 Å². The zero-order valence-corrected chi connectivity index (χ0v) is 15.3. The summed E-state index contributed by atoms with van der Waals surface area (Å²) in [4.78, 5) is 4.44. The molecule has 2 rings (SSSR count). The van der Waals surface area contributed by atoms with Gasteiger partial charge in [0.15, 0.2) is 0 Å². The molecule has 0 amide bonds. The van der Waals surface area contributed by atoms with E-state index in [-0.39, 0.29) is 0 Å². The van der Waals surface area contributed by atoms with Gasteiger partial charge in [0.2, 0.25) is 5.88 Å². The number of hydrogen-bond acceptors (Lipinski definition) is 3.